The third kappa shape index (κ3) is 4.46. The summed E-state index contributed by atoms with van der Waals surface area (Å²) in [5.74, 6) is 0.823. The lowest BCUT2D eigenvalue weighted by atomic mass is 9.98. The van der Waals surface area contributed by atoms with E-state index in [4.69, 9.17) is 16.3 Å². The van der Waals surface area contributed by atoms with Crippen LogP contribution >= 0.6 is 11.6 Å². The minimum atomic E-state index is 0.207. The molecule has 0 amide bonds. The maximum Gasteiger partial charge on any atom is 0.177 e. The molecular weight excluding hydrogens is 412 g/mol. The van der Waals surface area contributed by atoms with Crippen LogP contribution in [0.4, 0.5) is 5.69 Å². The van der Waals surface area contributed by atoms with Crippen LogP contribution in [0.3, 0.4) is 0 Å². The van der Waals surface area contributed by atoms with E-state index in [9.17, 15) is 4.79 Å². The lowest BCUT2D eigenvalue weighted by Crippen LogP contribution is -2.27. The molecule has 7 heteroatoms. The summed E-state index contributed by atoms with van der Waals surface area (Å²) in [5, 5.41) is 8.32. The number of halogens is 1. The number of hydrogen-bond acceptors (Lipinski definition) is 5. The molecule has 1 atom stereocenters. The van der Waals surface area contributed by atoms with E-state index in [-0.39, 0.29) is 11.9 Å². The molecule has 0 radical (unpaired) electrons. The van der Waals surface area contributed by atoms with Crippen LogP contribution in [-0.4, -0.2) is 39.6 Å². The van der Waals surface area contributed by atoms with Crippen molar-refractivity contribution in [2.24, 2.45) is 5.92 Å². The number of Topliss-reactive ketones (excluding diaryl/α,β-unsaturated/α-hetero) is 1. The van der Waals surface area contributed by atoms with E-state index in [1.54, 1.807) is 16.8 Å². The van der Waals surface area contributed by atoms with Crippen LogP contribution < -0.4 is 5.32 Å². The number of carbonyl (C=O) groups is 1. The van der Waals surface area contributed by atoms with Crippen molar-refractivity contribution in [2.45, 2.75) is 51.6 Å². The van der Waals surface area contributed by atoms with Gasteiger partial charge in [0, 0.05) is 36.8 Å². The van der Waals surface area contributed by atoms with Crippen LogP contribution in [0.25, 0.3) is 16.9 Å². The highest BCUT2D eigenvalue weighted by Gasteiger charge is 2.25. The van der Waals surface area contributed by atoms with Gasteiger partial charge in [0.25, 0.3) is 0 Å². The molecule has 1 unspecified atom stereocenters. The lowest BCUT2D eigenvalue weighted by Gasteiger charge is -2.23. The van der Waals surface area contributed by atoms with Crippen molar-refractivity contribution >= 4 is 28.7 Å². The minimum absolute atomic E-state index is 0.207. The molecule has 1 saturated carbocycles. The SMILES string of the molecule is Cc1cc(-c2cnc3c(NCC4CCCCO4)cc(Cl)nn23)ccc1C(=O)CC1CC1. The van der Waals surface area contributed by atoms with Crippen molar-refractivity contribution in [3.8, 4) is 11.3 Å². The molecular formula is C24H27ClN4O2. The van der Waals surface area contributed by atoms with Gasteiger partial charge >= 0.3 is 0 Å². The van der Waals surface area contributed by atoms with Gasteiger partial charge in [0.05, 0.1) is 23.7 Å². The van der Waals surface area contributed by atoms with Crippen molar-refractivity contribution < 1.29 is 9.53 Å². The van der Waals surface area contributed by atoms with E-state index in [1.807, 2.05) is 25.1 Å². The smallest absolute Gasteiger partial charge is 0.177 e. The summed E-state index contributed by atoms with van der Waals surface area (Å²) in [6.45, 7) is 3.53. The van der Waals surface area contributed by atoms with E-state index in [0.717, 1.165) is 59.7 Å². The molecule has 2 fully saturated rings. The monoisotopic (exact) mass is 438 g/mol. The number of ether oxygens (including phenoxy) is 1. The van der Waals surface area contributed by atoms with Gasteiger partial charge in [-0.25, -0.2) is 9.50 Å². The number of nitrogens with one attached hydrogen (secondary N) is 1. The zero-order chi connectivity index (χ0) is 21.4. The number of imidazole rings is 1. The molecule has 2 aromatic heterocycles. The minimum Gasteiger partial charge on any atom is -0.379 e. The van der Waals surface area contributed by atoms with Gasteiger partial charge in [-0.1, -0.05) is 23.7 Å². The maximum absolute atomic E-state index is 12.6. The first-order chi connectivity index (χ1) is 15.1. The molecule has 3 heterocycles. The Labute approximate surface area is 187 Å². The van der Waals surface area contributed by atoms with Crippen molar-refractivity contribution in [1.82, 2.24) is 14.6 Å². The van der Waals surface area contributed by atoms with Crippen LogP contribution in [0.2, 0.25) is 5.15 Å². The average molecular weight is 439 g/mol. The molecule has 3 aromatic rings. The van der Waals surface area contributed by atoms with Crippen LogP contribution in [0.5, 0.6) is 0 Å². The van der Waals surface area contributed by atoms with Gasteiger partial charge in [-0.2, -0.15) is 5.10 Å². The summed E-state index contributed by atoms with van der Waals surface area (Å²) in [6.07, 6.45) is 8.43. The highest BCUT2D eigenvalue weighted by Crippen LogP contribution is 2.34. The summed E-state index contributed by atoms with van der Waals surface area (Å²) >= 11 is 6.34. The maximum atomic E-state index is 12.6. The molecule has 1 saturated heterocycles. The zero-order valence-corrected chi connectivity index (χ0v) is 18.5. The number of nitrogens with zero attached hydrogens (tertiary/aromatic N) is 3. The normalized spacial score (nSPS) is 19.0. The predicted octanol–water partition coefficient (Wildman–Crippen LogP) is 5.32. The number of carbonyl (C=O) groups excluding carboxylic acids is 1. The molecule has 5 rings (SSSR count). The number of anilines is 1. The predicted molar refractivity (Wildman–Crippen MR) is 122 cm³/mol. The van der Waals surface area contributed by atoms with Gasteiger partial charge in [0.1, 0.15) is 0 Å². The van der Waals surface area contributed by atoms with Crippen LogP contribution in [0.15, 0.2) is 30.5 Å². The third-order valence-corrected chi connectivity index (χ3v) is 6.41. The van der Waals surface area contributed by atoms with Gasteiger partial charge in [0.2, 0.25) is 0 Å². The number of hydrogen-bond donors (Lipinski definition) is 1. The Kier molecular flexibility index (Phi) is 5.67. The van der Waals surface area contributed by atoms with Crippen molar-refractivity contribution in [3.05, 3.63) is 46.7 Å². The number of fused-ring (bicyclic) bond motifs is 1. The Morgan fingerprint density at radius 3 is 2.87 bits per heavy atom. The summed E-state index contributed by atoms with van der Waals surface area (Å²) < 4.78 is 7.59. The molecule has 6 nitrogen and oxygen atoms in total. The summed E-state index contributed by atoms with van der Waals surface area (Å²) in [4.78, 5) is 17.2. The Balaban J connectivity index is 1.41. The largest absolute Gasteiger partial charge is 0.379 e. The van der Waals surface area contributed by atoms with Gasteiger partial charge < -0.3 is 10.1 Å². The highest BCUT2D eigenvalue weighted by molar-refractivity contribution is 6.29. The second-order valence-electron chi connectivity index (χ2n) is 8.73. The fraction of sp³-hybridized carbons (Fsp3) is 0.458. The molecule has 1 N–H and O–H groups in total. The van der Waals surface area contributed by atoms with Crippen LogP contribution in [-0.2, 0) is 4.74 Å². The first kappa shape index (κ1) is 20.5. The van der Waals surface area contributed by atoms with E-state index >= 15 is 0 Å². The van der Waals surface area contributed by atoms with Gasteiger partial charge in [-0.05, 0) is 56.6 Å². The standard InChI is InChI=1S/C24H27ClN4O2/c1-15-10-17(7-8-19(15)22(30)11-16-5-6-16)21-14-27-24-20(12-23(25)28-29(21)24)26-13-18-4-2-3-9-31-18/h7-8,10,12,14,16,18,26H,2-6,9,11,13H2,1H3. The van der Waals surface area contributed by atoms with Crippen LogP contribution in [0.1, 0.15) is 54.4 Å². The topological polar surface area (TPSA) is 68.5 Å². The molecule has 1 aliphatic carbocycles. The van der Waals surface area contributed by atoms with Gasteiger partial charge in [-0.15, -0.1) is 0 Å². The number of aromatic nitrogens is 3. The van der Waals surface area contributed by atoms with Crippen molar-refractivity contribution in [1.29, 1.82) is 0 Å². The highest BCUT2D eigenvalue weighted by atomic mass is 35.5. The summed E-state index contributed by atoms with van der Waals surface area (Å²) in [7, 11) is 0. The van der Waals surface area contributed by atoms with Crippen molar-refractivity contribution in [3.63, 3.8) is 0 Å². The first-order valence-electron chi connectivity index (χ1n) is 11.1. The van der Waals surface area contributed by atoms with E-state index < -0.39 is 0 Å². The van der Waals surface area contributed by atoms with E-state index in [1.165, 1.54) is 19.3 Å². The fourth-order valence-electron chi connectivity index (χ4n) is 4.29. The molecule has 1 aliphatic heterocycles. The molecule has 31 heavy (non-hydrogen) atoms. The number of ketones is 1. The van der Waals surface area contributed by atoms with E-state index in [0.29, 0.717) is 17.5 Å². The Morgan fingerprint density at radius 1 is 1.26 bits per heavy atom. The quantitative estimate of drug-likeness (QED) is 0.505. The Morgan fingerprint density at radius 2 is 2.13 bits per heavy atom. The third-order valence-electron chi connectivity index (χ3n) is 6.23. The number of rotatable bonds is 7. The van der Waals surface area contributed by atoms with E-state index in [2.05, 4.69) is 15.4 Å². The first-order valence-corrected chi connectivity index (χ1v) is 11.5. The van der Waals surface area contributed by atoms with Gasteiger partial charge in [0.15, 0.2) is 16.6 Å². The summed E-state index contributed by atoms with van der Waals surface area (Å²) in [6, 6.07) is 7.75. The fourth-order valence-corrected chi connectivity index (χ4v) is 4.47. The number of benzene rings is 1. The molecule has 0 spiro atoms. The lowest BCUT2D eigenvalue weighted by molar-refractivity contribution is 0.0248. The Bertz CT molecular complexity index is 1120. The second-order valence-corrected chi connectivity index (χ2v) is 9.12. The summed E-state index contributed by atoms with van der Waals surface area (Å²) in [5.41, 5.74) is 5.16. The second kappa shape index (κ2) is 8.60. The van der Waals surface area contributed by atoms with Crippen molar-refractivity contribution in [2.75, 3.05) is 18.5 Å². The zero-order valence-electron chi connectivity index (χ0n) is 17.7. The average Bonchev–Trinajstić information content (AvgIpc) is 3.48. The molecule has 0 bridgehead atoms. The van der Waals surface area contributed by atoms with Crippen LogP contribution in [0, 0.1) is 12.8 Å². The molecule has 2 aliphatic rings. The molecule has 162 valence electrons. The molecule has 1 aromatic carbocycles. The van der Waals surface area contributed by atoms with Gasteiger partial charge in [-0.3, -0.25) is 4.79 Å². The Hall–Kier alpha value is -2.44. The number of aryl methyl sites for hydroxylation is 1.